The van der Waals surface area contributed by atoms with Crippen LogP contribution in [-0.2, 0) is 0 Å². The molecule has 0 saturated heterocycles. The molecule has 0 aliphatic heterocycles. The van der Waals surface area contributed by atoms with Gasteiger partial charge in [-0.05, 0) is 24.3 Å². The fraction of sp³-hybridized carbons (Fsp3) is 0.0667. The number of nitrogens with zero attached hydrogens (tertiary/aromatic N) is 1. The van der Waals surface area contributed by atoms with Gasteiger partial charge in [-0.3, -0.25) is 4.79 Å². The van der Waals surface area contributed by atoms with E-state index in [4.69, 9.17) is 0 Å². The minimum absolute atomic E-state index is 0.0879. The molecule has 0 aliphatic carbocycles. The number of carbonyl (C=O) groups is 1. The number of pyridine rings is 1. The second-order valence-corrected chi connectivity index (χ2v) is 5.13. The van der Waals surface area contributed by atoms with Crippen LogP contribution in [0.5, 0.6) is 0 Å². The highest BCUT2D eigenvalue weighted by molar-refractivity contribution is 7.99. The lowest BCUT2D eigenvalue weighted by Crippen LogP contribution is -2.02. The number of fused-ring (bicyclic) bond motifs is 1. The molecule has 0 unspecified atom stereocenters. The van der Waals surface area contributed by atoms with Gasteiger partial charge in [0.05, 0.1) is 22.0 Å². The number of carbonyl (C=O) groups excluding carboxylic acids is 1. The minimum Gasteiger partial charge on any atom is -0.359 e. The van der Waals surface area contributed by atoms with E-state index in [1.807, 2.05) is 42.5 Å². The zero-order chi connectivity index (χ0) is 13.1. The number of hydrogen-bond donors (Lipinski definition) is 1. The number of para-hydroxylation sites is 1. The van der Waals surface area contributed by atoms with Crippen molar-refractivity contribution < 1.29 is 4.79 Å². The van der Waals surface area contributed by atoms with Gasteiger partial charge in [0.15, 0.2) is 5.78 Å². The van der Waals surface area contributed by atoms with Crippen LogP contribution in [0.2, 0.25) is 0 Å². The molecule has 0 aliphatic rings. The lowest BCUT2D eigenvalue weighted by molar-refractivity contribution is 0.101. The van der Waals surface area contributed by atoms with Crippen molar-refractivity contribution in [3.8, 4) is 0 Å². The number of thioether (sulfide) groups is 1. The average molecular weight is 268 g/mol. The summed E-state index contributed by atoms with van der Waals surface area (Å²) in [4.78, 5) is 19.3. The summed E-state index contributed by atoms with van der Waals surface area (Å²) in [7, 11) is 0. The molecule has 3 rings (SSSR count). The standard InChI is InChI=1S/C15H12N2OS/c18-14(13-6-3-9-16-13)10-19-15-8-7-11-4-1-2-5-12(11)17-15/h1-9,16H,10H2. The van der Waals surface area contributed by atoms with Gasteiger partial charge in [0.2, 0.25) is 0 Å². The SMILES string of the molecule is O=C(CSc1ccc2ccccc2n1)c1ccc[nH]1. The molecule has 0 bridgehead atoms. The van der Waals surface area contributed by atoms with Crippen LogP contribution in [0.25, 0.3) is 10.9 Å². The number of benzene rings is 1. The predicted molar refractivity (Wildman–Crippen MR) is 77.6 cm³/mol. The number of nitrogens with one attached hydrogen (secondary N) is 1. The van der Waals surface area contributed by atoms with Crippen LogP contribution in [0.1, 0.15) is 10.5 Å². The lowest BCUT2D eigenvalue weighted by Gasteiger charge is -2.02. The van der Waals surface area contributed by atoms with Gasteiger partial charge in [-0.2, -0.15) is 0 Å². The largest absolute Gasteiger partial charge is 0.359 e. The molecular weight excluding hydrogens is 256 g/mol. The van der Waals surface area contributed by atoms with Crippen LogP contribution in [0.15, 0.2) is 59.8 Å². The predicted octanol–water partition coefficient (Wildman–Crippen LogP) is 3.54. The molecule has 0 saturated carbocycles. The fourth-order valence-electron chi connectivity index (χ4n) is 1.85. The maximum absolute atomic E-state index is 11.9. The van der Waals surface area contributed by atoms with Crippen molar-refractivity contribution in [3.63, 3.8) is 0 Å². The van der Waals surface area contributed by atoms with E-state index in [-0.39, 0.29) is 5.78 Å². The number of hydrogen-bond acceptors (Lipinski definition) is 3. The fourth-order valence-corrected chi connectivity index (χ4v) is 2.61. The third-order valence-corrected chi connectivity index (χ3v) is 3.75. The molecule has 2 heterocycles. The Morgan fingerprint density at radius 3 is 2.84 bits per heavy atom. The van der Waals surface area contributed by atoms with Gasteiger partial charge in [0.25, 0.3) is 0 Å². The van der Waals surface area contributed by atoms with Gasteiger partial charge in [-0.25, -0.2) is 4.98 Å². The molecule has 1 N–H and O–H groups in total. The zero-order valence-corrected chi connectivity index (χ0v) is 11.0. The second kappa shape index (κ2) is 5.28. The van der Waals surface area contributed by atoms with Crippen molar-refractivity contribution in [3.05, 3.63) is 60.4 Å². The second-order valence-electron chi connectivity index (χ2n) is 4.14. The molecule has 3 aromatic rings. The third kappa shape index (κ3) is 2.69. The van der Waals surface area contributed by atoms with Gasteiger partial charge in [-0.1, -0.05) is 36.0 Å². The van der Waals surface area contributed by atoms with Crippen molar-refractivity contribution >= 4 is 28.4 Å². The maximum Gasteiger partial charge on any atom is 0.189 e. The first kappa shape index (κ1) is 12.0. The molecule has 0 radical (unpaired) electrons. The summed E-state index contributed by atoms with van der Waals surface area (Å²) in [6.07, 6.45) is 1.76. The smallest absolute Gasteiger partial charge is 0.189 e. The lowest BCUT2D eigenvalue weighted by atomic mass is 10.2. The molecular formula is C15H12N2OS. The van der Waals surface area contributed by atoms with E-state index in [2.05, 4.69) is 9.97 Å². The first-order valence-corrected chi connectivity index (χ1v) is 6.97. The first-order valence-electron chi connectivity index (χ1n) is 5.98. The Labute approximate surface area is 115 Å². The highest BCUT2D eigenvalue weighted by Gasteiger charge is 2.07. The molecule has 2 aromatic heterocycles. The van der Waals surface area contributed by atoms with Gasteiger partial charge < -0.3 is 4.98 Å². The van der Waals surface area contributed by atoms with E-state index in [9.17, 15) is 4.79 Å². The van der Waals surface area contributed by atoms with Crippen LogP contribution in [0.4, 0.5) is 0 Å². The van der Waals surface area contributed by atoms with Gasteiger partial charge in [0, 0.05) is 11.6 Å². The number of H-pyrrole nitrogens is 1. The Morgan fingerprint density at radius 2 is 2.00 bits per heavy atom. The van der Waals surface area contributed by atoms with E-state index in [0.717, 1.165) is 15.9 Å². The van der Waals surface area contributed by atoms with E-state index in [1.165, 1.54) is 11.8 Å². The molecule has 0 amide bonds. The van der Waals surface area contributed by atoms with Crippen LogP contribution >= 0.6 is 11.8 Å². The summed E-state index contributed by atoms with van der Waals surface area (Å²) in [5.74, 6) is 0.483. The molecule has 0 spiro atoms. The highest BCUT2D eigenvalue weighted by Crippen LogP contribution is 2.20. The van der Waals surface area contributed by atoms with E-state index in [1.54, 1.807) is 12.3 Å². The third-order valence-electron chi connectivity index (χ3n) is 2.82. The number of ketones is 1. The van der Waals surface area contributed by atoms with E-state index in [0.29, 0.717) is 11.4 Å². The summed E-state index contributed by atoms with van der Waals surface area (Å²) in [5.41, 5.74) is 1.60. The Hall–Kier alpha value is -2.07. The Balaban J connectivity index is 1.73. The van der Waals surface area contributed by atoms with Crippen molar-refractivity contribution in [2.75, 3.05) is 5.75 Å². The first-order chi connectivity index (χ1) is 9.33. The summed E-state index contributed by atoms with van der Waals surface area (Å²) in [6, 6.07) is 15.6. The topological polar surface area (TPSA) is 45.8 Å². The number of aromatic nitrogens is 2. The Morgan fingerprint density at radius 1 is 1.11 bits per heavy atom. The molecule has 1 aromatic carbocycles. The zero-order valence-electron chi connectivity index (χ0n) is 10.2. The quantitative estimate of drug-likeness (QED) is 0.581. The van der Waals surface area contributed by atoms with Gasteiger partial charge in [0.1, 0.15) is 0 Å². The molecule has 0 fully saturated rings. The number of Topliss-reactive ketones (excluding diaryl/α,β-unsaturated/α-hetero) is 1. The van der Waals surface area contributed by atoms with Crippen molar-refractivity contribution in [2.45, 2.75) is 5.03 Å². The minimum atomic E-state index is 0.0879. The molecule has 4 heteroatoms. The summed E-state index contributed by atoms with van der Waals surface area (Å²) >= 11 is 1.46. The normalized spacial score (nSPS) is 10.7. The van der Waals surface area contributed by atoms with Crippen molar-refractivity contribution in [2.24, 2.45) is 0 Å². The number of rotatable bonds is 4. The van der Waals surface area contributed by atoms with Crippen LogP contribution in [-0.4, -0.2) is 21.5 Å². The van der Waals surface area contributed by atoms with Gasteiger partial charge >= 0.3 is 0 Å². The molecule has 94 valence electrons. The van der Waals surface area contributed by atoms with Crippen LogP contribution in [0, 0.1) is 0 Å². The number of aromatic amines is 1. The van der Waals surface area contributed by atoms with Crippen molar-refractivity contribution in [1.29, 1.82) is 0 Å². The summed E-state index contributed by atoms with van der Waals surface area (Å²) in [6.45, 7) is 0. The molecule has 3 nitrogen and oxygen atoms in total. The summed E-state index contributed by atoms with van der Waals surface area (Å²) < 4.78 is 0. The highest BCUT2D eigenvalue weighted by atomic mass is 32.2. The van der Waals surface area contributed by atoms with E-state index >= 15 is 0 Å². The van der Waals surface area contributed by atoms with Crippen LogP contribution in [0.3, 0.4) is 0 Å². The average Bonchev–Trinajstić information content (AvgIpc) is 2.99. The van der Waals surface area contributed by atoms with E-state index < -0.39 is 0 Å². The van der Waals surface area contributed by atoms with Crippen molar-refractivity contribution in [1.82, 2.24) is 9.97 Å². The molecule has 0 atom stereocenters. The summed E-state index contributed by atoms with van der Waals surface area (Å²) in [5, 5.41) is 1.99. The van der Waals surface area contributed by atoms with Gasteiger partial charge in [-0.15, -0.1) is 0 Å². The Kier molecular flexibility index (Phi) is 3.33. The molecule has 19 heavy (non-hydrogen) atoms. The maximum atomic E-state index is 11.9. The monoisotopic (exact) mass is 268 g/mol. The van der Waals surface area contributed by atoms with Crippen LogP contribution < -0.4 is 0 Å². The Bertz CT molecular complexity index is 707.